The number of hydrogen-bond donors (Lipinski definition) is 0. The number of methoxy groups -OCH3 is 1. The predicted molar refractivity (Wildman–Crippen MR) is 99.9 cm³/mol. The molecule has 3 aromatic rings. The van der Waals surface area contributed by atoms with Crippen molar-refractivity contribution < 1.29 is 9.47 Å². The van der Waals surface area contributed by atoms with Gasteiger partial charge in [-0.1, -0.05) is 6.07 Å². The monoisotopic (exact) mass is 365 g/mol. The second kappa shape index (κ2) is 8.28. The van der Waals surface area contributed by atoms with Gasteiger partial charge in [0, 0.05) is 50.0 Å². The van der Waals surface area contributed by atoms with Crippen molar-refractivity contribution in [3.8, 4) is 5.88 Å². The highest BCUT2D eigenvalue weighted by molar-refractivity contribution is 5.25. The first kappa shape index (κ1) is 17.6. The molecule has 0 saturated heterocycles. The average Bonchev–Trinajstić information content (AvgIpc) is 3.06. The molecule has 1 atom stereocenters. The molecule has 0 spiro atoms. The largest absolute Gasteiger partial charge is 0.481 e. The van der Waals surface area contributed by atoms with Crippen LogP contribution in [0.25, 0.3) is 0 Å². The van der Waals surface area contributed by atoms with Crippen LogP contribution in [-0.2, 0) is 31.0 Å². The molecule has 0 amide bonds. The van der Waals surface area contributed by atoms with Crippen molar-refractivity contribution in [2.24, 2.45) is 0 Å². The summed E-state index contributed by atoms with van der Waals surface area (Å²) in [7, 11) is 1.66. The van der Waals surface area contributed by atoms with Gasteiger partial charge >= 0.3 is 0 Å². The van der Waals surface area contributed by atoms with Gasteiger partial charge in [-0.2, -0.15) is 5.10 Å². The van der Waals surface area contributed by atoms with E-state index in [1.54, 1.807) is 25.7 Å². The van der Waals surface area contributed by atoms with Gasteiger partial charge < -0.3 is 9.47 Å². The fraction of sp³-hybridized carbons (Fsp3) is 0.350. The minimum atomic E-state index is 0.0435. The molecule has 0 aromatic carbocycles. The first-order valence-corrected chi connectivity index (χ1v) is 9.03. The summed E-state index contributed by atoms with van der Waals surface area (Å²) in [5.41, 5.74) is 3.38. The number of pyridine rings is 2. The molecule has 4 rings (SSSR count). The van der Waals surface area contributed by atoms with E-state index in [0.29, 0.717) is 12.5 Å². The van der Waals surface area contributed by atoms with Crippen molar-refractivity contribution in [2.75, 3.05) is 13.7 Å². The number of hydrogen-bond acceptors (Lipinski definition) is 6. The lowest BCUT2D eigenvalue weighted by Crippen LogP contribution is -2.33. The van der Waals surface area contributed by atoms with E-state index >= 15 is 0 Å². The van der Waals surface area contributed by atoms with E-state index in [1.165, 1.54) is 5.69 Å². The van der Waals surface area contributed by atoms with Crippen LogP contribution in [0.4, 0.5) is 0 Å². The van der Waals surface area contributed by atoms with Crippen LogP contribution in [0.3, 0.4) is 0 Å². The van der Waals surface area contributed by atoms with Gasteiger partial charge in [-0.05, 0) is 29.8 Å². The van der Waals surface area contributed by atoms with Crippen LogP contribution in [0.15, 0.2) is 55.1 Å². The summed E-state index contributed by atoms with van der Waals surface area (Å²) >= 11 is 0. The summed E-state index contributed by atoms with van der Waals surface area (Å²) in [4.78, 5) is 10.7. The van der Waals surface area contributed by atoms with Gasteiger partial charge in [-0.25, -0.2) is 4.98 Å². The smallest absolute Gasteiger partial charge is 0.217 e. The van der Waals surface area contributed by atoms with Crippen LogP contribution in [0, 0.1) is 0 Å². The van der Waals surface area contributed by atoms with Crippen molar-refractivity contribution in [1.29, 1.82) is 0 Å². The van der Waals surface area contributed by atoms with Crippen molar-refractivity contribution in [3.63, 3.8) is 0 Å². The molecule has 7 heteroatoms. The van der Waals surface area contributed by atoms with Crippen LogP contribution in [-0.4, -0.2) is 44.4 Å². The average molecular weight is 365 g/mol. The first-order chi connectivity index (χ1) is 13.3. The third-order valence-corrected chi connectivity index (χ3v) is 4.70. The molecule has 0 aliphatic carbocycles. The lowest BCUT2D eigenvalue weighted by molar-refractivity contribution is 0.00703. The van der Waals surface area contributed by atoms with Crippen LogP contribution < -0.4 is 4.74 Å². The van der Waals surface area contributed by atoms with Gasteiger partial charge in [0.25, 0.3) is 0 Å². The Labute approximate surface area is 158 Å². The highest BCUT2D eigenvalue weighted by Crippen LogP contribution is 2.21. The summed E-state index contributed by atoms with van der Waals surface area (Å²) in [5, 5.41) is 4.46. The number of fused-ring (bicyclic) bond motifs is 1. The van der Waals surface area contributed by atoms with E-state index in [4.69, 9.17) is 9.47 Å². The maximum atomic E-state index is 6.22. The maximum absolute atomic E-state index is 6.22. The van der Waals surface area contributed by atoms with Crippen molar-refractivity contribution in [3.05, 3.63) is 71.9 Å². The normalized spacial score (nSPS) is 17.3. The van der Waals surface area contributed by atoms with E-state index in [1.807, 2.05) is 29.1 Å². The highest BCUT2D eigenvalue weighted by Gasteiger charge is 2.24. The van der Waals surface area contributed by atoms with Gasteiger partial charge in [0.1, 0.15) is 0 Å². The van der Waals surface area contributed by atoms with Gasteiger partial charge in [-0.3, -0.25) is 14.6 Å². The Morgan fingerprint density at radius 2 is 1.96 bits per heavy atom. The molecule has 4 heterocycles. The number of nitrogens with zero attached hydrogens (tertiary/aromatic N) is 5. The Balaban J connectivity index is 1.49. The number of rotatable bonds is 6. The minimum Gasteiger partial charge on any atom is -0.481 e. The van der Waals surface area contributed by atoms with Gasteiger partial charge in [0.05, 0.1) is 32.1 Å². The Bertz CT molecular complexity index is 868. The first-order valence-electron chi connectivity index (χ1n) is 9.03. The summed E-state index contributed by atoms with van der Waals surface area (Å²) in [6.07, 6.45) is 7.22. The topological polar surface area (TPSA) is 65.3 Å². The number of ether oxygens (including phenoxy) is 2. The highest BCUT2D eigenvalue weighted by atomic mass is 16.5. The summed E-state index contributed by atoms with van der Waals surface area (Å²) in [6.45, 7) is 3.68. The summed E-state index contributed by atoms with van der Waals surface area (Å²) in [5.74, 6) is 0.671. The molecule has 7 nitrogen and oxygen atoms in total. The van der Waals surface area contributed by atoms with Crippen molar-refractivity contribution >= 4 is 0 Å². The van der Waals surface area contributed by atoms with Crippen LogP contribution in [0.5, 0.6) is 5.88 Å². The second-order valence-electron chi connectivity index (χ2n) is 6.63. The van der Waals surface area contributed by atoms with E-state index in [0.717, 1.165) is 37.3 Å². The van der Waals surface area contributed by atoms with Gasteiger partial charge in [0.15, 0.2) is 0 Å². The minimum absolute atomic E-state index is 0.0435. The van der Waals surface area contributed by atoms with Crippen molar-refractivity contribution in [2.45, 2.75) is 32.3 Å². The zero-order valence-corrected chi connectivity index (χ0v) is 15.4. The molecule has 0 fully saturated rings. The van der Waals surface area contributed by atoms with Crippen LogP contribution >= 0.6 is 0 Å². The molecule has 140 valence electrons. The lowest BCUT2D eigenvalue weighted by atomic mass is 10.2. The Hall–Kier alpha value is -2.77. The molecule has 0 saturated carbocycles. The SMILES string of the molecule is COc1ncccc1CN1Cc2ccnn2CC(OCc2ccncc2)C1. The lowest BCUT2D eigenvalue weighted by Gasteiger charge is -2.24. The molecule has 0 radical (unpaired) electrons. The third-order valence-electron chi connectivity index (χ3n) is 4.70. The quantitative estimate of drug-likeness (QED) is 0.668. The summed E-state index contributed by atoms with van der Waals surface area (Å²) in [6, 6.07) is 10.0. The van der Waals surface area contributed by atoms with E-state index < -0.39 is 0 Å². The molecule has 0 bridgehead atoms. The molecule has 3 aromatic heterocycles. The zero-order valence-electron chi connectivity index (χ0n) is 15.4. The number of aromatic nitrogens is 4. The molecule has 1 aliphatic heterocycles. The Morgan fingerprint density at radius 1 is 1.07 bits per heavy atom. The van der Waals surface area contributed by atoms with E-state index in [9.17, 15) is 0 Å². The molecular formula is C20H23N5O2. The van der Waals surface area contributed by atoms with Gasteiger partial charge in [0.2, 0.25) is 5.88 Å². The Kier molecular flexibility index (Phi) is 5.41. The van der Waals surface area contributed by atoms with Crippen molar-refractivity contribution in [1.82, 2.24) is 24.6 Å². The second-order valence-corrected chi connectivity index (χ2v) is 6.63. The predicted octanol–water partition coefficient (Wildman–Crippen LogP) is 2.28. The summed E-state index contributed by atoms with van der Waals surface area (Å²) < 4.78 is 13.7. The van der Waals surface area contributed by atoms with Gasteiger partial charge in [-0.15, -0.1) is 0 Å². The van der Waals surface area contributed by atoms with Crippen LogP contribution in [0.2, 0.25) is 0 Å². The molecule has 27 heavy (non-hydrogen) atoms. The standard InChI is InChI=1S/C20H23N5O2/c1-26-20-17(3-2-7-22-20)11-24-12-18-6-10-23-25(18)14-19(13-24)27-15-16-4-8-21-9-5-16/h2-10,19H,11-15H2,1H3. The molecule has 1 aliphatic rings. The maximum Gasteiger partial charge on any atom is 0.217 e. The van der Waals surface area contributed by atoms with E-state index in [-0.39, 0.29) is 6.10 Å². The van der Waals surface area contributed by atoms with E-state index in [2.05, 4.69) is 32.1 Å². The fourth-order valence-electron chi connectivity index (χ4n) is 3.38. The Morgan fingerprint density at radius 3 is 2.81 bits per heavy atom. The molecule has 1 unspecified atom stereocenters. The zero-order chi connectivity index (χ0) is 18.5. The molecular weight excluding hydrogens is 342 g/mol. The molecule has 0 N–H and O–H groups in total. The van der Waals surface area contributed by atoms with Crippen LogP contribution in [0.1, 0.15) is 16.8 Å². The fourth-order valence-corrected chi connectivity index (χ4v) is 3.38. The third kappa shape index (κ3) is 4.32.